The number of ether oxygens (including phenoxy) is 1. The summed E-state index contributed by atoms with van der Waals surface area (Å²) in [6.07, 6.45) is 4.30. The van der Waals surface area contributed by atoms with Gasteiger partial charge in [-0.3, -0.25) is 9.69 Å². The van der Waals surface area contributed by atoms with Crippen molar-refractivity contribution in [1.29, 1.82) is 0 Å². The van der Waals surface area contributed by atoms with Crippen LogP contribution in [0.5, 0.6) is 11.5 Å². The van der Waals surface area contributed by atoms with E-state index in [1.807, 2.05) is 48.5 Å². The second-order valence-electron chi connectivity index (χ2n) is 10.9. The third-order valence-electron chi connectivity index (χ3n) is 8.10. The Morgan fingerprint density at radius 2 is 1.55 bits per heavy atom. The minimum Gasteiger partial charge on any atom is -0.508 e. The summed E-state index contributed by atoms with van der Waals surface area (Å²) in [4.78, 5) is 16.8. The molecule has 0 saturated carbocycles. The molecule has 0 atom stereocenters. The Balaban J connectivity index is 0.962. The first-order valence-electron chi connectivity index (χ1n) is 14.8. The van der Waals surface area contributed by atoms with Crippen molar-refractivity contribution in [2.75, 3.05) is 44.2 Å². The van der Waals surface area contributed by atoms with Gasteiger partial charge < -0.3 is 20.1 Å². The lowest BCUT2D eigenvalue weighted by Crippen LogP contribution is -2.46. The Kier molecular flexibility index (Phi) is 8.52. The summed E-state index contributed by atoms with van der Waals surface area (Å²) in [7, 11) is 0. The van der Waals surface area contributed by atoms with Crippen molar-refractivity contribution in [3.8, 4) is 11.5 Å². The SMILES string of the molecule is O=C1NCc2cc(N3CCN(CCCCOc4ccc(/C(=C\c5ccccc5)c5ccc(O)cc5)cc4)CC3)ccc21. The molecule has 6 heteroatoms. The second kappa shape index (κ2) is 13.0. The zero-order chi connectivity index (χ0) is 28.7. The van der Waals surface area contributed by atoms with E-state index in [0.717, 1.165) is 84.7 Å². The fourth-order valence-electron chi connectivity index (χ4n) is 5.69. The van der Waals surface area contributed by atoms with Crippen molar-refractivity contribution in [3.63, 3.8) is 0 Å². The normalized spacial score (nSPS) is 15.4. The zero-order valence-corrected chi connectivity index (χ0v) is 23.8. The maximum Gasteiger partial charge on any atom is 0.251 e. The summed E-state index contributed by atoms with van der Waals surface area (Å²) in [6.45, 7) is 6.54. The highest BCUT2D eigenvalue weighted by Crippen LogP contribution is 2.29. The standard InChI is InChI=1S/C36H37N3O3/c40-32-13-8-28(9-14-32)35(24-27-6-2-1-3-7-27)29-10-15-33(16-11-29)42-23-5-4-18-38-19-21-39(22-20-38)31-12-17-34-30(25-31)26-37-36(34)41/h1-3,6-17,24-25,40H,4-5,18-23,26H2,(H,37,41)/b35-24-. The average molecular weight is 560 g/mol. The van der Waals surface area contributed by atoms with Crippen LogP contribution in [0.4, 0.5) is 5.69 Å². The van der Waals surface area contributed by atoms with Crippen molar-refractivity contribution >= 4 is 23.2 Å². The van der Waals surface area contributed by atoms with Crippen LogP contribution in [0.1, 0.15) is 45.5 Å². The van der Waals surface area contributed by atoms with E-state index in [9.17, 15) is 9.90 Å². The smallest absolute Gasteiger partial charge is 0.251 e. The number of amides is 1. The number of aromatic hydroxyl groups is 1. The van der Waals surface area contributed by atoms with E-state index in [2.05, 4.69) is 57.6 Å². The predicted octanol–water partition coefficient (Wildman–Crippen LogP) is 6.21. The Morgan fingerprint density at radius 3 is 2.29 bits per heavy atom. The summed E-state index contributed by atoms with van der Waals surface area (Å²) in [6, 6.07) is 32.1. The molecule has 0 aromatic heterocycles. The third kappa shape index (κ3) is 6.67. The molecule has 2 aliphatic heterocycles. The van der Waals surface area contributed by atoms with Crippen LogP contribution in [0, 0.1) is 0 Å². The van der Waals surface area contributed by atoms with E-state index < -0.39 is 0 Å². The maximum atomic E-state index is 11.8. The Labute approximate surface area is 247 Å². The molecule has 42 heavy (non-hydrogen) atoms. The van der Waals surface area contributed by atoms with Crippen molar-refractivity contribution in [2.24, 2.45) is 0 Å². The van der Waals surface area contributed by atoms with E-state index in [-0.39, 0.29) is 11.7 Å². The highest BCUT2D eigenvalue weighted by atomic mass is 16.5. The predicted molar refractivity (Wildman–Crippen MR) is 169 cm³/mol. The van der Waals surface area contributed by atoms with Gasteiger partial charge in [-0.2, -0.15) is 0 Å². The minimum absolute atomic E-state index is 0.0399. The summed E-state index contributed by atoms with van der Waals surface area (Å²) in [5.74, 6) is 1.18. The molecule has 6 rings (SSSR count). The second-order valence-corrected chi connectivity index (χ2v) is 10.9. The lowest BCUT2D eigenvalue weighted by Gasteiger charge is -2.36. The molecule has 2 N–H and O–H groups in total. The number of carbonyl (C=O) groups excluding carboxylic acids is 1. The van der Waals surface area contributed by atoms with Crippen LogP contribution < -0.4 is 15.0 Å². The number of nitrogens with one attached hydrogen (secondary N) is 1. The number of phenolic OH excluding ortho intramolecular Hbond substituents is 1. The fourth-order valence-corrected chi connectivity index (χ4v) is 5.69. The monoisotopic (exact) mass is 559 g/mol. The number of fused-ring (bicyclic) bond motifs is 1. The molecule has 1 saturated heterocycles. The molecule has 0 spiro atoms. The molecule has 6 nitrogen and oxygen atoms in total. The number of benzene rings is 4. The number of hydrogen-bond acceptors (Lipinski definition) is 5. The fraction of sp³-hybridized carbons (Fsp3) is 0.250. The van der Waals surface area contributed by atoms with Gasteiger partial charge in [-0.25, -0.2) is 0 Å². The van der Waals surface area contributed by atoms with Crippen LogP contribution in [0.15, 0.2) is 97.1 Å². The van der Waals surface area contributed by atoms with Gasteiger partial charge in [0.1, 0.15) is 11.5 Å². The highest BCUT2D eigenvalue weighted by Gasteiger charge is 2.22. The number of piperazine rings is 1. The lowest BCUT2D eigenvalue weighted by molar-refractivity contribution is 0.0965. The molecule has 0 aliphatic carbocycles. The number of hydrogen-bond donors (Lipinski definition) is 2. The molecular formula is C36H37N3O3. The van der Waals surface area contributed by atoms with Gasteiger partial charge in [-0.05, 0) is 95.8 Å². The minimum atomic E-state index is 0.0399. The Hall–Kier alpha value is -4.55. The van der Waals surface area contributed by atoms with E-state index >= 15 is 0 Å². The van der Waals surface area contributed by atoms with Gasteiger partial charge in [0.15, 0.2) is 0 Å². The summed E-state index contributed by atoms with van der Waals surface area (Å²) in [5, 5.41) is 12.7. The number of phenols is 1. The van der Waals surface area contributed by atoms with Crippen molar-refractivity contribution < 1.29 is 14.6 Å². The van der Waals surface area contributed by atoms with E-state index in [1.54, 1.807) is 12.1 Å². The topological polar surface area (TPSA) is 65.0 Å². The summed E-state index contributed by atoms with van der Waals surface area (Å²) >= 11 is 0. The number of carbonyl (C=O) groups is 1. The molecule has 0 bridgehead atoms. The van der Waals surface area contributed by atoms with Crippen molar-refractivity contribution in [3.05, 3.63) is 125 Å². The van der Waals surface area contributed by atoms with Crippen molar-refractivity contribution in [1.82, 2.24) is 10.2 Å². The highest BCUT2D eigenvalue weighted by molar-refractivity contribution is 5.98. The van der Waals surface area contributed by atoms with Crippen LogP contribution in [-0.4, -0.2) is 55.2 Å². The average Bonchev–Trinajstić information content (AvgIpc) is 3.41. The van der Waals surface area contributed by atoms with Crippen molar-refractivity contribution in [2.45, 2.75) is 19.4 Å². The molecular weight excluding hydrogens is 522 g/mol. The van der Waals surface area contributed by atoms with Crippen LogP contribution in [0.25, 0.3) is 11.6 Å². The van der Waals surface area contributed by atoms with E-state index in [4.69, 9.17) is 4.74 Å². The summed E-state index contributed by atoms with van der Waals surface area (Å²) in [5.41, 5.74) is 7.51. The van der Waals surface area contributed by atoms with Gasteiger partial charge in [-0.15, -0.1) is 0 Å². The number of nitrogens with zero attached hydrogens (tertiary/aromatic N) is 2. The molecule has 2 heterocycles. The van der Waals surface area contributed by atoms with Crippen LogP contribution in [0.2, 0.25) is 0 Å². The molecule has 2 aliphatic rings. The molecule has 0 radical (unpaired) electrons. The van der Waals surface area contributed by atoms with Gasteiger partial charge in [-0.1, -0.05) is 54.6 Å². The first-order valence-corrected chi connectivity index (χ1v) is 14.8. The zero-order valence-electron chi connectivity index (χ0n) is 23.8. The van der Waals surface area contributed by atoms with E-state index in [1.165, 1.54) is 5.69 Å². The molecule has 1 fully saturated rings. The molecule has 0 unspecified atom stereocenters. The first kappa shape index (κ1) is 27.6. The number of unbranched alkanes of at least 4 members (excludes halogenated alkanes) is 1. The molecule has 1 amide bonds. The van der Waals surface area contributed by atoms with Gasteiger partial charge >= 0.3 is 0 Å². The van der Waals surface area contributed by atoms with Gasteiger partial charge in [0.2, 0.25) is 0 Å². The van der Waals surface area contributed by atoms with Crippen LogP contribution in [-0.2, 0) is 6.54 Å². The molecule has 4 aromatic carbocycles. The van der Waals surface area contributed by atoms with Gasteiger partial charge in [0, 0.05) is 44.0 Å². The van der Waals surface area contributed by atoms with Gasteiger partial charge in [0.05, 0.1) is 6.61 Å². The quantitative estimate of drug-likeness (QED) is 0.179. The Morgan fingerprint density at radius 1 is 0.833 bits per heavy atom. The molecule has 214 valence electrons. The third-order valence-corrected chi connectivity index (χ3v) is 8.10. The van der Waals surface area contributed by atoms with Crippen LogP contribution >= 0.6 is 0 Å². The first-order chi connectivity index (χ1) is 20.6. The summed E-state index contributed by atoms with van der Waals surface area (Å²) < 4.78 is 6.08. The maximum absolute atomic E-state index is 11.8. The Bertz CT molecular complexity index is 1520. The lowest BCUT2D eigenvalue weighted by atomic mass is 9.95. The van der Waals surface area contributed by atoms with Crippen LogP contribution in [0.3, 0.4) is 0 Å². The molecule has 4 aromatic rings. The largest absolute Gasteiger partial charge is 0.508 e. The number of rotatable bonds is 10. The van der Waals surface area contributed by atoms with E-state index in [0.29, 0.717) is 13.2 Å². The van der Waals surface area contributed by atoms with Gasteiger partial charge in [0.25, 0.3) is 5.91 Å². The number of anilines is 1.